The average molecular weight is 422 g/mol. The first-order valence-corrected chi connectivity index (χ1v) is 11.4. The van der Waals surface area contributed by atoms with Gasteiger partial charge in [0.15, 0.2) is 0 Å². The number of anilines is 1. The molecule has 2 heterocycles. The molecule has 2 aromatic rings. The summed E-state index contributed by atoms with van der Waals surface area (Å²) in [6.07, 6.45) is 3.12. The molecule has 1 N–H and O–H groups in total. The molecule has 0 saturated carbocycles. The van der Waals surface area contributed by atoms with E-state index in [0.29, 0.717) is 6.07 Å². The van der Waals surface area contributed by atoms with Crippen LogP contribution in [-0.2, 0) is 16.4 Å². The molecule has 29 heavy (non-hydrogen) atoms. The van der Waals surface area contributed by atoms with Crippen molar-refractivity contribution in [2.45, 2.75) is 30.2 Å². The van der Waals surface area contributed by atoms with Crippen molar-refractivity contribution in [1.82, 2.24) is 9.62 Å². The van der Waals surface area contributed by atoms with E-state index in [0.717, 1.165) is 56.6 Å². The number of fused-ring (bicyclic) bond motifs is 1. The van der Waals surface area contributed by atoms with Gasteiger partial charge in [0.1, 0.15) is 16.5 Å². The molecule has 0 aliphatic carbocycles. The lowest BCUT2D eigenvalue weighted by molar-refractivity contribution is 0.246. The molecule has 2 aliphatic rings. The first-order valence-electron chi connectivity index (χ1n) is 9.88. The SMILES string of the molecule is CN1CCc2cc([C@@H](CNS(=O)(=O)c3ccc(F)cc3F)N3CCCC3)ccc21. The summed E-state index contributed by atoms with van der Waals surface area (Å²) in [6.45, 7) is 2.90. The number of benzene rings is 2. The second-order valence-corrected chi connectivity index (χ2v) is 9.48. The third kappa shape index (κ3) is 4.15. The Bertz CT molecular complexity index is 1010. The predicted molar refractivity (Wildman–Crippen MR) is 109 cm³/mol. The highest BCUT2D eigenvalue weighted by atomic mass is 32.2. The zero-order valence-electron chi connectivity index (χ0n) is 16.4. The van der Waals surface area contributed by atoms with Gasteiger partial charge in [0.05, 0.1) is 0 Å². The Morgan fingerprint density at radius 2 is 1.83 bits per heavy atom. The molecule has 8 heteroatoms. The summed E-state index contributed by atoms with van der Waals surface area (Å²) >= 11 is 0. The monoisotopic (exact) mass is 421 g/mol. The molecule has 1 fully saturated rings. The summed E-state index contributed by atoms with van der Waals surface area (Å²) in [5, 5.41) is 0. The van der Waals surface area contributed by atoms with Gasteiger partial charge in [-0.15, -0.1) is 0 Å². The molecule has 4 rings (SSSR count). The minimum atomic E-state index is -4.09. The number of nitrogens with zero attached hydrogens (tertiary/aromatic N) is 2. The second kappa shape index (κ2) is 8.01. The minimum Gasteiger partial charge on any atom is -0.374 e. The van der Waals surface area contributed by atoms with Crippen LogP contribution < -0.4 is 9.62 Å². The van der Waals surface area contributed by atoms with Gasteiger partial charge < -0.3 is 4.90 Å². The molecular formula is C21H25F2N3O2S. The van der Waals surface area contributed by atoms with E-state index in [-0.39, 0.29) is 12.6 Å². The van der Waals surface area contributed by atoms with Crippen LogP contribution in [0.2, 0.25) is 0 Å². The Labute approximate surface area is 170 Å². The van der Waals surface area contributed by atoms with E-state index in [1.54, 1.807) is 0 Å². The van der Waals surface area contributed by atoms with Gasteiger partial charge in [-0.3, -0.25) is 4.90 Å². The molecule has 0 amide bonds. The Balaban J connectivity index is 1.58. The summed E-state index contributed by atoms with van der Waals surface area (Å²) in [5.74, 6) is -1.89. The summed E-state index contributed by atoms with van der Waals surface area (Å²) in [4.78, 5) is 3.95. The molecule has 0 spiro atoms. The van der Waals surface area contributed by atoms with Crippen molar-refractivity contribution in [2.24, 2.45) is 0 Å². The van der Waals surface area contributed by atoms with Crippen LogP contribution in [0.3, 0.4) is 0 Å². The molecule has 1 saturated heterocycles. The Hall–Kier alpha value is -2.03. The number of likely N-dealkylation sites (tertiary alicyclic amines) is 1. The zero-order chi connectivity index (χ0) is 20.6. The molecular weight excluding hydrogens is 396 g/mol. The molecule has 2 aromatic carbocycles. The van der Waals surface area contributed by atoms with Crippen molar-refractivity contribution in [3.63, 3.8) is 0 Å². The van der Waals surface area contributed by atoms with Gasteiger partial charge in [-0.05, 0) is 61.7 Å². The topological polar surface area (TPSA) is 52.7 Å². The third-order valence-electron chi connectivity index (χ3n) is 5.85. The Kier molecular flexibility index (Phi) is 5.59. The van der Waals surface area contributed by atoms with E-state index in [9.17, 15) is 17.2 Å². The quantitative estimate of drug-likeness (QED) is 0.779. The third-order valence-corrected chi connectivity index (χ3v) is 7.30. The lowest BCUT2D eigenvalue weighted by atomic mass is 10.0. The summed E-state index contributed by atoms with van der Waals surface area (Å²) in [5.41, 5.74) is 3.53. The van der Waals surface area contributed by atoms with Gasteiger partial charge in [0.25, 0.3) is 0 Å². The van der Waals surface area contributed by atoms with Crippen LogP contribution in [0.15, 0.2) is 41.3 Å². The van der Waals surface area contributed by atoms with E-state index in [4.69, 9.17) is 0 Å². The molecule has 2 aliphatic heterocycles. The zero-order valence-corrected chi connectivity index (χ0v) is 17.2. The molecule has 0 unspecified atom stereocenters. The van der Waals surface area contributed by atoms with Crippen molar-refractivity contribution >= 4 is 15.7 Å². The number of nitrogens with one attached hydrogen (secondary N) is 1. The van der Waals surface area contributed by atoms with Crippen LogP contribution in [0.1, 0.15) is 30.0 Å². The molecule has 5 nitrogen and oxygen atoms in total. The highest BCUT2D eigenvalue weighted by molar-refractivity contribution is 7.89. The van der Waals surface area contributed by atoms with Crippen molar-refractivity contribution in [1.29, 1.82) is 0 Å². The van der Waals surface area contributed by atoms with Gasteiger partial charge in [-0.2, -0.15) is 0 Å². The fourth-order valence-electron chi connectivity index (χ4n) is 4.26. The average Bonchev–Trinajstić information content (AvgIpc) is 3.32. The maximum absolute atomic E-state index is 14.0. The van der Waals surface area contributed by atoms with Crippen LogP contribution >= 0.6 is 0 Å². The van der Waals surface area contributed by atoms with E-state index in [2.05, 4.69) is 39.8 Å². The molecule has 0 aromatic heterocycles. The highest BCUT2D eigenvalue weighted by Gasteiger charge is 2.28. The van der Waals surface area contributed by atoms with Crippen molar-refractivity contribution < 1.29 is 17.2 Å². The summed E-state index contributed by atoms with van der Waals surface area (Å²) in [6, 6.07) is 8.67. The van der Waals surface area contributed by atoms with Crippen LogP contribution in [0.25, 0.3) is 0 Å². The predicted octanol–water partition coefficient (Wildman–Crippen LogP) is 3.07. The lowest BCUT2D eigenvalue weighted by Crippen LogP contribution is -2.37. The molecule has 156 valence electrons. The second-order valence-electron chi connectivity index (χ2n) is 7.75. The number of halogens is 2. The van der Waals surface area contributed by atoms with Crippen molar-refractivity contribution in [3.05, 3.63) is 59.2 Å². The number of hydrogen-bond acceptors (Lipinski definition) is 4. The normalized spacial score (nSPS) is 18.2. The van der Waals surface area contributed by atoms with E-state index >= 15 is 0 Å². The first-order chi connectivity index (χ1) is 13.8. The molecule has 0 radical (unpaired) electrons. The fourth-order valence-corrected chi connectivity index (χ4v) is 5.36. The van der Waals surface area contributed by atoms with Gasteiger partial charge in [-0.25, -0.2) is 21.9 Å². The number of hydrogen-bond donors (Lipinski definition) is 1. The van der Waals surface area contributed by atoms with E-state index in [1.807, 2.05) is 0 Å². The maximum Gasteiger partial charge on any atom is 0.243 e. The van der Waals surface area contributed by atoms with Crippen LogP contribution in [0.5, 0.6) is 0 Å². The van der Waals surface area contributed by atoms with Crippen molar-refractivity contribution in [2.75, 3.05) is 38.1 Å². The summed E-state index contributed by atoms with van der Waals surface area (Å²) in [7, 11) is -2.02. The summed E-state index contributed by atoms with van der Waals surface area (Å²) < 4.78 is 55.0. The minimum absolute atomic E-state index is 0.132. The Morgan fingerprint density at radius 3 is 2.55 bits per heavy atom. The van der Waals surface area contributed by atoms with E-state index in [1.165, 1.54) is 11.3 Å². The number of rotatable bonds is 6. The Morgan fingerprint density at radius 1 is 1.07 bits per heavy atom. The number of sulfonamides is 1. The van der Waals surface area contributed by atoms with Crippen LogP contribution in [0, 0.1) is 11.6 Å². The van der Waals surface area contributed by atoms with Gasteiger partial charge in [-0.1, -0.05) is 12.1 Å². The van der Waals surface area contributed by atoms with E-state index < -0.39 is 26.6 Å². The van der Waals surface area contributed by atoms with Crippen LogP contribution in [-0.4, -0.2) is 46.5 Å². The smallest absolute Gasteiger partial charge is 0.243 e. The van der Waals surface area contributed by atoms with Gasteiger partial charge in [0.2, 0.25) is 10.0 Å². The maximum atomic E-state index is 14.0. The number of likely N-dealkylation sites (N-methyl/N-ethyl adjacent to an activating group) is 1. The first kappa shape index (κ1) is 20.3. The van der Waals surface area contributed by atoms with Gasteiger partial charge in [0, 0.05) is 37.9 Å². The standard InChI is InChI=1S/C21H25F2N3O2S/c1-25-11-8-16-12-15(4-6-19(16)25)20(26-9-2-3-10-26)14-24-29(27,28)21-7-5-17(22)13-18(21)23/h4-7,12-13,20,24H,2-3,8-11,14H2,1H3/t20-/m1/s1. The lowest BCUT2D eigenvalue weighted by Gasteiger charge is -2.29. The highest BCUT2D eigenvalue weighted by Crippen LogP contribution is 2.32. The van der Waals surface area contributed by atoms with Crippen molar-refractivity contribution in [3.8, 4) is 0 Å². The molecule has 1 atom stereocenters. The molecule has 0 bridgehead atoms. The van der Waals surface area contributed by atoms with Crippen LogP contribution in [0.4, 0.5) is 14.5 Å². The van der Waals surface area contributed by atoms with Gasteiger partial charge >= 0.3 is 0 Å². The largest absolute Gasteiger partial charge is 0.374 e. The fraction of sp³-hybridized carbons (Fsp3) is 0.429.